The summed E-state index contributed by atoms with van der Waals surface area (Å²) in [6, 6.07) is 7.48. The molecule has 6 nitrogen and oxygen atoms in total. The first-order valence-corrected chi connectivity index (χ1v) is 12.6. The predicted molar refractivity (Wildman–Crippen MR) is 107 cm³/mol. The van der Waals surface area contributed by atoms with Gasteiger partial charge in [0.2, 0.25) is 0 Å². The summed E-state index contributed by atoms with van der Waals surface area (Å²) in [5, 5.41) is 9.48. The summed E-state index contributed by atoms with van der Waals surface area (Å²) < 4.78 is 8.36. The zero-order valence-corrected chi connectivity index (χ0v) is 17.2. The lowest BCUT2D eigenvalue weighted by Gasteiger charge is -2.18. The van der Waals surface area contributed by atoms with Gasteiger partial charge in [0.15, 0.2) is 0 Å². The summed E-state index contributed by atoms with van der Waals surface area (Å²) in [7, 11) is -1.23. The van der Waals surface area contributed by atoms with Gasteiger partial charge in [-0.2, -0.15) is 0 Å². The molecule has 7 heteroatoms. The van der Waals surface area contributed by atoms with Crippen LogP contribution in [-0.2, 0) is 18.0 Å². The fourth-order valence-electron chi connectivity index (χ4n) is 2.77. The molecule has 142 valence electrons. The quantitative estimate of drug-likeness (QED) is 0.595. The van der Waals surface area contributed by atoms with Crippen molar-refractivity contribution in [2.75, 3.05) is 6.61 Å². The van der Waals surface area contributed by atoms with Crippen molar-refractivity contribution in [2.45, 2.75) is 52.8 Å². The van der Waals surface area contributed by atoms with Gasteiger partial charge in [0.05, 0.1) is 5.69 Å². The van der Waals surface area contributed by atoms with Crippen molar-refractivity contribution < 1.29 is 9.84 Å². The van der Waals surface area contributed by atoms with Crippen LogP contribution in [-0.4, -0.2) is 28.9 Å². The minimum absolute atomic E-state index is 0.0289. The Kier molecular flexibility index (Phi) is 6.25. The summed E-state index contributed by atoms with van der Waals surface area (Å²) in [6.45, 7) is 11.3. The molecule has 0 spiro atoms. The zero-order chi connectivity index (χ0) is 19.5. The Balaban J connectivity index is 2.41. The van der Waals surface area contributed by atoms with Crippen LogP contribution >= 0.6 is 0 Å². The number of nitrogens with zero attached hydrogens (tertiary/aromatic N) is 2. The van der Waals surface area contributed by atoms with E-state index in [2.05, 4.69) is 19.6 Å². The van der Waals surface area contributed by atoms with E-state index in [0.717, 1.165) is 16.2 Å². The fourth-order valence-corrected chi connectivity index (χ4v) is 3.52. The number of benzene rings is 1. The van der Waals surface area contributed by atoms with E-state index in [1.165, 1.54) is 0 Å². The second kappa shape index (κ2) is 8.05. The Bertz CT molecular complexity index is 877. The van der Waals surface area contributed by atoms with E-state index in [-0.39, 0.29) is 23.7 Å². The van der Waals surface area contributed by atoms with E-state index >= 15 is 0 Å². The highest BCUT2D eigenvalue weighted by Crippen LogP contribution is 2.22. The van der Waals surface area contributed by atoms with E-state index < -0.39 is 8.07 Å². The molecule has 0 aliphatic rings. The molecule has 1 aromatic carbocycles. The lowest BCUT2D eigenvalue weighted by molar-refractivity contribution is 0.0803. The van der Waals surface area contributed by atoms with Gasteiger partial charge in [-0.05, 0) is 49.7 Å². The van der Waals surface area contributed by atoms with Crippen molar-refractivity contribution in [3.05, 3.63) is 50.7 Å². The molecule has 1 heterocycles. The molecule has 2 rings (SSSR count). The van der Waals surface area contributed by atoms with E-state index in [1.54, 1.807) is 35.8 Å². The van der Waals surface area contributed by atoms with Crippen LogP contribution in [0.2, 0.25) is 25.7 Å². The minimum atomic E-state index is -1.23. The van der Waals surface area contributed by atoms with Gasteiger partial charge in [0, 0.05) is 26.8 Å². The molecule has 26 heavy (non-hydrogen) atoms. The number of aromatic nitrogens is 2. The van der Waals surface area contributed by atoms with Crippen LogP contribution in [0.5, 0.6) is 5.75 Å². The van der Waals surface area contributed by atoms with E-state index in [4.69, 9.17) is 4.74 Å². The molecule has 0 aliphatic carbocycles. The van der Waals surface area contributed by atoms with Crippen LogP contribution < -0.4 is 11.2 Å². The van der Waals surface area contributed by atoms with Crippen molar-refractivity contribution in [3.8, 4) is 17.0 Å². The molecule has 2 aromatic rings. The molecule has 0 saturated heterocycles. The smallest absolute Gasteiger partial charge is 0.333 e. The molecule has 0 amide bonds. The molecular weight excluding hydrogens is 348 g/mol. The standard InChI is InChI=1S/C19H28N2O4Si/c1-6-20-17(15-7-9-16(22)10-8-15)14(2)18(23)21(19(20)24)13-25-11-12-26(3,4)5/h7-10,22H,6,11-13H2,1-5H3. The average Bonchev–Trinajstić information content (AvgIpc) is 2.57. The molecule has 1 aromatic heterocycles. The predicted octanol–water partition coefficient (Wildman–Crippen LogP) is 3.02. The lowest BCUT2D eigenvalue weighted by atomic mass is 10.1. The van der Waals surface area contributed by atoms with Crippen molar-refractivity contribution in [1.29, 1.82) is 0 Å². The first-order valence-electron chi connectivity index (χ1n) is 8.87. The van der Waals surface area contributed by atoms with Crippen LogP contribution in [0.1, 0.15) is 12.5 Å². The van der Waals surface area contributed by atoms with E-state index in [9.17, 15) is 14.7 Å². The molecular formula is C19H28N2O4Si. The van der Waals surface area contributed by atoms with E-state index in [0.29, 0.717) is 24.4 Å². The van der Waals surface area contributed by atoms with Gasteiger partial charge in [0.25, 0.3) is 5.56 Å². The normalized spacial score (nSPS) is 11.7. The molecule has 0 aliphatic heterocycles. The highest BCUT2D eigenvalue weighted by molar-refractivity contribution is 6.76. The maximum absolute atomic E-state index is 12.8. The largest absolute Gasteiger partial charge is 0.508 e. The summed E-state index contributed by atoms with van der Waals surface area (Å²) in [4.78, 5) is 25.6. The third kappa shape index (κ3) is 4.53. The summed E-state index contributed by atoms with van der Waals surface area (Å²) in [6.07, 6.45) is 0. The number of aromatic hydroxyl groups is 1. The van der Waals surface area contributed by atoms with Crippen LogP contribution in [0, 0.1) is 6.92 Å². The average molecular weight is 377 g/mol. The molecule has 0 saturated carbocycles. The first-order chi connectivity index (χ1) is 12.2. The number of phenols is 1. The maximum Gasteiger partial charge on any atom is 0.333 e. The summed E-state index contributed by atoms with van der Waals surface area (Å²) >= 11 is 0. The molecule has 0 unspecified atom stereocenters. The Labute approximate surface area is 154 Å². The SMILES string of the molecule is CCn1c(-c2ccc(O)cc2)c(C)c(=O)n(COCC[Si](C)(C)C)c1=O. The van der Waals surface area contributed by atoms with Gasteiger partial charge >= 0.3 is 5.69 Å². The molecule has 0 radical (unpaired) electrons. The lowest BCUT2D eigenvalue weighted by Crippen LogP contribution is -2.42. The third-order valence-electron chi connectivity index (χ3n) is 4.33. The monoisotopic (exact) mass is 376 g/mol. The topological polar surface area (TPSA) is 73.5 Å². The highest BCUT2D eigenvalue weighted by Gasteiger charge is 2.17. The molecule has 0 atom stereocenters. The molecule has 1 N–H and O–H groups in total. The second-order valence-corrected chi connectivity index (χ2v) is 13.2. The maximum atomic E-state index is 12.8. The number of hydrogen-bond acceptors (Lipinski definition) is 4. The summed E-state index contributed by atoms with van der Waals surface area (Å²) in [5.74, 6) is 0.140. The number of rotatable bonds is 7. The Morgan fingerprint density at radius 2 is 1.69 bits per heavy atom. The highest BCUT2D eigenvalue weighted by atomic mass is 28.3. The van der Waals surface area contributed by atoms with Crippen LogP contribution in [0.3, 0.4) is 0 Å². The third-order valence-corrected chi connectivity index (χ3v) is 6.03. The van der Waals surface area contributed by atoms with Crippen molar-refractivity contribution in [1.82, 2.24) is 9.13 Å². The van der Waals surface area contributed by atoms with E-state index in [1.807, 2.05) is 6.92 Å². The fraction of sp³-hybridized carbons (Fsp3) is 0.474. The van der Waals surface area contributed by atoms with Gasteiger partial charge in [-0.15, -0.1) is 0 Å². The van der Waals surface area contributed by atoms with Crippen LogP contribution in [0.4, 0.5) is 0 Å². The Morgan fingerprint density at radius 1 is 1.08 bits per heavy atom. The van der Waals surface area contributed by atoms with Crippen LogP contribution in [0.15, 0.2) is 33.9 Å². The first kappa shape index (κ1) is 20.2. The number of ether oxygens (including phenoxy) is 1. The number of hydrogen-bond donors (Lipinski definition) is 1. The Hall–Kier alpha value is -2.12. The zero-order valence-electron chi connectivity index (χ0n) is 16.2. The number of phenolic OH excluding ortho intramolecular Hbond substituents is 1. The molecule has 0 fully saturated rings. The van der Waals surface area contributed by atoms with Crippen molar-refractivity contribution in [3.63, 3.8) is 0 Å². The summed E-state index contributed by atoms with van der Waals surface area (Å²) in [5.41, 5.74) is 1.09. The van der Waals surface area contributed by atoms with Crippen molar-refractivity contribution in [2.24, 2.45) is 0 Å². The van der Waals surface area contributed by atoms with Gasteiger partial charge in [-0.25, -0.2) is 9.36 Å². The molecule has 0 bridgehead atoms. The second-order valence-electron chi connectivity index (χ2n) is 7.63. The van der Waals surface area contributed by atoms with Gasteiger partial charge in [-0.1, -0.05) is 19.6 Å². The van der Waals surface area contributed by atoms with Crippen LogP contribution in [0.25, 0.3) is 11.3 Å². The minimum Gasteiger partial charge on any atom is -0.508 e. The van der Waals surface area contributed by atoms with Crippen molar-refractivity contribution >= 4 is 8.07 Å². The van der Waals surface area contributed by atoms with Gasteiger partial charge in [-0.3, -0.25) is 9.36 Å². The van der Waals surface area contributed by atoms with Gasteiger partial charge < -0.3 is 9.84 Å². The van der Waals surface area contributed by atoms with Gasteiger partial charge in [0.1, 0.15) is 12.5 Å². The Morgan fingerprint density at radius 3 is 2.23 bits per heavy atom.